The Morgan fingerprint density at radius 3 is 2.35 bits per heavy atom. The number of pyridine rings is 1. The third kappa shape index (κ3) is 2.96. The largest absolute Gasteiger partial charge is 0.357 e. The van der Waals surface area contributed by atoms with E-state index >= 15 is 0 Å². The first-order chi connectivity index (χ1) is 8.24. The van der Waals surface area contributed by atoms with Crippen LogP contribution in [0.15, 0.2) is 12.1 Å². The van der Waals surface area contributed by atoms with Crippen LogP contribution in [0.5, 0.6) is 0 Å². The zero-order valence-corrected chi connectivity index (χ0v) is 11.4. The first-order valence-electron chi connectivity index (χ1n) is 6.33. The molecule has 4 heteroatoms. The maximum absolute atomic E-state index is 4.52. The van der Waals surface area contributed by atoms with Gasteiger partial charge in [-0.15, -0.1) is 0 Å². The van der Waals surface area contributed by atoms with E-state index in [-0.39, 0.29) is 0 Å². The van der Waals surface area contributed by atoms with Crippen molar-refractivity contribution in [2.24, 2.45) is 0 Å². The van der Waals surface area contributed by atoms with Crippen LogP contribution in [0.3, 0.4) is 0 Å². The highest BCUT2D eigenvalue weighted by atomic mass is 15.2. The fourth-order valence-corrected chi connectivity index (χ4v) is 1.73. The number of anilines is 1. The molecule has 0 bridgehead atoms. The molecule has 0 spiro atoms. The Morgan fingerprint density at radius 1 is 1.12 bits per heavy atom. The van der Waals surface area contributed by atoms with E-state index in [1.54, 1.807) is 0 Å². The van der Waals surface area contributed by atoms with E-state index in [0.29, 0.717) is 0 Å². The van der Waals surface area contributed by atoms with Crippen LogP contribution in [0.1, 0.15) is 33.5 Å². The highest BCUT2D eigenvalue weighted by Crippen LogP contribution is 2.15. The van der Waals surface area contributed by atoms with Gasteiger partial charge >= 0.3 is 0 Å². The Balaban J connectivity index is 0.000000686. The van der Waals surface area contributed by atoms with Crippen molar-refractivity contribution >= 4 is 17.0 Å². The minimum Gasteiger partial charge on any atom is -0.357 e. The maximum Gasteiger partial charge on any atom is 0.179 e. The molecular weight excluding hydrogens is 212 g/mol. The molecule has 0 fully saturated rings. The van der Waals surface area contributed by atoms with Gasteiger partial charge in [0.05, 0.1) is 5.52 Å². The number of fused-ring (bicyclic) bond motifs is 1. The lowest BCUT2D eigenvalue weighted by Crippen LogP contribution is -2.22. The van der Waals surface area contributed by atoms with Crippen molar-refractivity contribution in [3.8, 4) is 0 Å². The lowest BCUT2D eigenvalue weighted by atomic mass is 10.4. The summed E-state index contributed by atoms with van der Waals surface area (Å²) in [6.07, 6.45) is 0. The summed E-state index contributed by atoms with van der Waals surface area (Å²) in [7, 11) is 0. The van der Waals surface area contributed by atoms with E-state index in [2.05, 4.69) is 33.7 Å². The molecule has 94 valence electrons. The predicted octanol–water partition coefficient (Wildman–Crippen LogP) is 3.14. The fraction of sp³-hybridized carbons (Fsp3) is 0.538. The summed E-state index contributed by atoms with van der Waals surface area (Å²) in [5.41, 5.74) is 1.81. The van der Waals surface area contributed by atoms with Crippen LogP contribution in [0, 0.1) is 6.92 Å². The number of rotatable bonds is 3. The number of imidazole rings is 1. The van der Waals surface area contributed by atoms with Crippen LogP contribution in [0.2, 0.25) is 0 Å². The van der Waals surface area contributed by atoms with Crippen molar-refractivity contribution < 1.29 is 0 Å². The molecule has 0 aliphatic heterocycles. The van der Waals surface area contributed by atoms with Crippen LogP contribution < -0.4 is 4.90 Å². The van der Waals surface area contributed by atoms with Crippen LogP contribution in [-0.2, 0) is 0 Å². The first kappa shape index (κ1) is 13.5. The van der Waals surface area contributed by atoms with Gasteiger partial charge in [-0.1, -0.05) is 13.8 Å². The topological polar surface area (TPSA) is 44.8 Å². The van der Waals surface area contributed by atoms with Crippen molar-refractivity contribution in [1.29, 1.82) is 0 Å². The number of nitrogens with one attached hydrogen (secondary N) is 1. The molecule has 2 aromatic heterocycles. The Bertz CT molecular complexity index is 457. The summed E-state index contributed by atoms with van der Waals surface area (Å²) in [4.78, 5) is 14.2. The molecule has 0 saturated carbocycles. The molecule has 0 amide bonds. The molecule has 0 saturated heterocycles. The Morgan fingerprint density at radius 2 is 1.76 bits per heavy atom. The van der Waals surface area contributed by atoms with E-state index in [1.165, 1.54) is 0 Å². The molecular formula is C13H22N4. The van der Waals surface area contributed by atoms with E-state index < -0.39 is 0 Å². The summed E-state index contributed by atoms with van der Waals surface area (Å²) >= 11 is 0. The van der Waals surface area contributed by atoms with Crippen molar-refractivity contribution in [1.82, 2.24) is 15.0 Å². The second-order valence-electron chi connectivity index (χ2n) is 3.54. The molecule has 1 N–H and O–H groups in total. The average Bonchev–Trinajstić information content (AvgIpc) is 2.72. The Labute approximate surface area is 103 Å². The van der Waals surface area contributed by atoms with Crippen LogP contribution >= 0.6 is 0 Å². The number of aromatic amines is 1. The van der Waals surface area contributed by atoms with E-state index in [4.69, 9.17) is 0 Å². The normalized spacial score (nSPS) is 9.94. The third-order valence-electron chi connectivity index (χ3n) is 2.54. The van der Waals surface area contributed by atoms with Gasteiger partial charge in [0, 0.05) is 13.1 Å². The standard InChI is InChI=1S/C11H16N4.C2H6/c1-4-15(5-2)10-7-6-9-11(14-10)13-8(3)12-9;1-2/h6-7H,4-5H2,1-3H3,(H,12,13,14);1-2H3. The van der Waals surface area contributed by atoms with Crippen molar-refractivity contribution in [3.05, 3.63) is 18.0 Å². The average molecular weight is 234 g/mol. The number of hydrogen-bond acceptors (Lipinski definition) is 3. The van der Waals surface area contributed by atoms with Gasteiger partial charge in [0.15, 0.2) is 5.65 Å². The summed E-state index contributed by atoms with van der Waals surface area (Å²) < 4.78 is 0. The molecule has 0 radical (unpaired) electrons. The number of aromatic nitrogens is 3. The highest BCUT2D eigenvalue weighted by molar-refractivity contribution is 5.73. The van der Waals surface area contributed by atoms with E-state index in [0.717, 1.165) is 35.9 Å². The molecule has 0 unspecified atom stereocenters. The zero-order valence-electron chi connectivity index (χ0n) is 11.4. The molecule has 0 aliphatic rings. The van der Waals surface area contributed by atoms with E-state index in [1.807, 2.05) is 32.9 Å². The molecule has 0 aromatic carbocycles. The van der Waals surface area contributed by atoms with Crippen LogP contribution in [-0.4, -0.2) is 28.0 Å². The number of nitrogens with zero attached hydrogens (tertiary/aromatic N) is 3. The molecule has 0 atom stereocenters. The minimum atomic E-state index is 0.803. The van der Waals surface area contributed by atoms with Crippen molar-refractivity contribution in [2.75, 3.05) is 18.0 Å². The van der Waals surface area contributed by atoms with Crippen molar-refractivity contribution in [3.63, 3.8) is 0 Å². The van der Waals surface area contributed by atoms with Gasteiger partial charge in [-0.3, -0.25) is 0 Å². The second kappa shape index (κ2) is 6.23. The van der Waals surface area contributed by atoms with E-state index in [9.17, 15) is 0 Å². The number of aryl methyl sites for hydroxylation is 1. The SMILES string of the molecule is CC.CCN(CC)c1ccc2[nH]c(C)nc2n1. The quantitative estimate of drug-likeness (QED) is 0.887. The van der Waals surface area contributed by atoms with Gasteiger partial charge in [0.1, 0.15) is 11.6 Å². The molecule has 0 aliphatic carbocycles. The number of H-pyrrole nitrogens is 1. The third-order valence-corrected chi connectivity index (χ3v) is 2.54. The van der Waals surface area contributed by atoms with Gasteiger partial charge in [0.25, 0.3) is 0 Å². The minimum absolute atomic E-state index is 0.803. The highest BCUT2D eigenvalue weighted by Gasteiger charge is 2.06. The van der Waals surface area contributed by atoms with Gasteiger partial charge in [-0.05, 0) is 32.9 Å². The molecule has 2 heterocycles. The first-order valence-corrected chi connectivity index (χ1v) is 6.33. The Hall–Kier alpha value is -1.58. The number of hydrogen-bond donors (Lipinski definition) is 1. The van der Waals surface area contributed by atoms with Crippen LogP contribution in [0.4, 0.5) is 5.82 Å². The molecule has 17 heavy (non-hydrogen) atoms. The lowest BCUT2D eigenvalue weighted by molar-refractivity contribution is 0.849. The Kier molecular flexibility index (Phi) is 4.94. The van der Waals surface area contributed by atoms with Gasteiger partial charge in [-0.2, -0.15) is 0 Å². The summed E-state index contributed by atoms with van der Waals surface area (Å²) in [5, 5.41) is 0. The predicted molar refractivity (Wildman–Crippen MR) is 73.5 cm³/mol. The molecule has 4 nitrogen and oxygen atoms in total. The smallest absolute Gasteiger partial charge is 0.179 e. The summed E-state index contributed by atoms with van der Waals surface area (Å²) in [5.74, 6) is 1.91. The second-order valence-corrected chi connectivity index (χ2v) is 3.54. The van der Waals surface area contributed by atoms with Gasteiger partial charge in [-0.25, -0.2) is 9.97 Å². The monoisotopic (exact) mass is 234 g/mol. The van der Waals surface area contributed by atoms with Crippen LogP contribution in [0.25, 0.3) is 11.2 Å². The summed E-state index contributed by atoms with van der Waals surface area (Å²) in [6.45, 7) is 12.1. The zero-order chi connectivity index (χ0) is 12.8. The lowest BCUT2D eigenvalue weighted by Gasteiger charge is -2.19. The van der Waals surface area contributed by atoms with Gasteiger partial charge in [0.2, 0.25) is 0 Å². The summed E-state index contributed by atoms with van der Waals surface area (Å²) in [6, 6.07) is 4.07. The molecule has 2 rings (SSSR count). The fourth-order valence-electron chi connectivity index (χ4n) is 1.73. The van der Waals surface area contributed by atoms with Crippen molar-refractivity contribution in [2.45, 2.75) is 34.6 Å². The van der Waals surface area contributed by atoms with Gasteiger partial charge < -0.3 is 9.88 Å². The molecule has 2 aromatic rings. The maximum atomic E-state index is 4.52.